The fraction of sp³-hybridized carbons (Fsp3) is 0.273. The summed E-state index contributed by atoms with van der Waals surface area (Å²) in [7, 11) is -3.32. The predicted octanol–water partition coefficient (Wildman–Crippen LogP) is 1.32. The van der Waals surface area contributed by atoms with E-state index in [4.69, 9.17) is 10.2 Å². The Bertz CT molecular complexity index is 543. The Kier molecular flexibility index (Phi) is 4.83. The lowest BCUT2D eigenvalue weighted by Gasteiger charge is -2.20. The predicted molar refractivity (Wildman–Crippen MR) is 64.0 cm³/mol. The van der Waals surface area contributed by atoms with Crippen LogP contribution in [-0.2, 0) is 25.1 Å². The van der Waals surface area contributed by atoms with E-state index in [9.17, 15) is 18.7 Å². The molecule has 1 unspecified atom stereocenters. The third-order valence-corrected chi connectivity index (χ3v) is 3.36. The van der Waals surface area contributed by atoms with Crippen molar-refractivity contribution in [2.24, 2.45) is 0 Å². The molecule has 0 saturated carbocycles. The van der Waals surface area contributed by atoms with E-state index in [1.54, 1.807) is 0 Å². The quantitative estimate of drug-likeness (QED) is 0.789. The van der Waals surface area contributed by atoms with Gasteiger partial charge in [0.05, 0.1) is 0 Å². The number of amides is 1. The molecule has 0 radical (unpaired) electrons. The fourth-order valence-corrected chi connectivity index (χ4v) is 2.22. The number of phenolic OH excluding ortho intramolecular Hbond substituents is 1. The highest BCUT2D eigenvalue weighted by Gasteiger charge is 2.31. The number of carboxylic acids is 1. The third kappa shape index (κ3) is 3.93. The van der Waals surface area contributed by atoms with Gasteiger partial charge in [0.15, 0.2) is 0 Å². The monoisotopic (exact) mass is 285 g/mol. The molecule has 0 heterocycles. The van der Waals surface area contributed by atoms with Crippen molar-refractivity contribution >= 4 is 19.7 Å². The number of carbonyl (C=O) groups is 2. The van der Waals surface area contributed by atoms with Crippen molar-refractivity contribution < 1.29 is 28.9 Å². The number of aromatic hydroxyl groups is 1. The lowest BCUT2D eigenvalue weighted by Crippen LogP contribution is -2.40. The van der Waals surface area contributed by atoms with Crippen LogP contribution in [0.5, 0.6) is 5.75 Å². The summed E-state index contributed by atoms with van der Waals surface area (Å²) in [6.45, 7) is 0.984. The zero-order valence-electron chi connectivity index (χ0n) is 10.0. The van der Waals surface area contributed by atoms with Crippen molar-refractivity contribution in [3.05, 3.63) is 29.8 Å². The standard InChI is InChI=1S/C11H12NO6P/c1-7(13)12(19(17)18)10(11(15)16)6-8-2-4-9(14)5-3-8/h2-5,10,14H,6H2,1H3,(H,15,16). The van der Waals surface area contributed by atoms with Crippen molar-refractivity contribution in [1.29, 1.82) is 0 Å². The Morgan fingerprint density at radius 1 is 1.26 bits per heavy atom. The summed E-state index contributed by atoms with van der Waals surface area (Å²) in [5.74, 6) is -2.27. The summed E-state index contributed by atoms with van der Waals surface area (Å²) in [6, 6.07) is 4.12. The number of rotatable bonds is 5. The van der Waals surface area contributed by atoms with E-state index in [2.05, 4.69) is 0 Å². The van der Waals surface area contributed by atoms with Crippen molar-refractivity contribution in [3.8, 4) is 5.75 Å². The first-order chi connectivity index (χ1) is 8.82. The van der Waals surface area contributed by atoms with Gasteiger partial charge in [0, 0.05) is 13.3 Å². The molecule has 1 aromatic carbocycles. The van der Waals surface area contributed by atoms with E-state index in [0.717, 1.165) is 6.92 Å². The number of hydrogen-bond donors (Lipinski definition) is 2. The Hall–Kier alpha value is -2.14. The molecule has 8 heteroatoms. The van der Waals surface area contributed by atoms with Gasteiger partial charge in [-0.3, -0.25) is 4.79 Å². The highest BCUT2D eigenvalue weighted by Crippen LogP contribution is 2.22. The molecule has 1 atom stereocenters. The van der Waals surface area contributed by atoms with Crippen LogP contribution in [0.25, 0.3) is 0 Å². The molecule has 1 amide bonds. The summed E-state index contributed by atoms with van der Waals surface area (Å²) in [5, 5.41) is 18.2. The number of phenols is 1. The molecule has 2 N–H and O–H groups in total. The highest BCUT2D eigenvalue weighted by molar-refractivity contribution is 7.29. The number of nitrogens with zero attached hydrogens (tertiary/aromatic N) is 1. The van der Waals surface area contributed by atoms with Gasteiger partial charge >= 0.3 is 13.8 Å². The number of carboxylic acid groups (broad SMARTS) is 1. The molecule has 19 heavy (non-hydrogen) atoms. The zero-order valence-corrected chi connectivity index (χ0v) is 10.9. The van der Waals surface area contributed by atoms with E-state index >= 15 is 0 Å². The van der Waals surface area contributed by atoms with Gasteiger partial charge in [0.25, 0.3) is 0 Å². The summed E-state index contributed by atoms with van der Waals surface area (Å²) in [5.41, 5.74) is 0.494. The second-order valence-corrected chi connectivity index (χ2v) is 4.73. The Morgan fingerprint density at radius 2 is 1.79 bits per heavy atom. The molecule has 0 aliphatic carbocycles. The van der Waals surface area contributed by atoms with Crippen LogP contribution in [0.15, 0.2) is 24.3 Å². The van der Waals surface area contributed by atoms with Gasteiger partial charge in [0.2, 0.25) is 5.91 Å². The number of benzene rings is 1. The molecule has 1 rings (SSSR count). The molecule has 0 fully saturated rings. The van der Waals surface area contributed by atoms with E-state index in [1.165, 1.54) is 24.3 Å². The number of carbonyl (C=O) groups excluding carboxylic acids is 1. The highest BCUT2D eigenvalue weighted by atomic mass is 31.1. The van der Waals surface area contributed by atoms with Crippen molar-refractivity contribution in [3.63, 3.8) is 0 Å². The first-order valence-electron chi connectivity index (χ1n) is 5.27. The molecular formula is C11H12NO6P. The van der Waals surface area contributed by atoms with Crippen molar-refractivity contribution in [1.82, 2.24) is 4.67 Å². The summed E-state index contributed by atoms with van der Waals surface area (Å²) in [4.78, 5) is 22.3. The molecule has 0 saturated heterocycles. The topological polar surface area (TPSA) is 112 Å². The lowest BCUT2D eigenvalue weighted by molar-refractivity contribution is -0.145. The van der Waals surface area contributed by atoms with Crippen LogP contribution in [-0.4, -0.2) is 32.8 Å². The van der Waals surface area contributed by atoms with Crippen LogP contribution >= 0.6 is 7.83 Å². The lowest BCUT2D eigenvalue weighted by atomic mass is 10.1. The molecule has 0 aromatic heterocycles. The van der Waals surface area contributed by atoms with Crippen LogP contribution < -0.4 is 0 Å². The average molecular weight is 285 g/mol. The normalized spacial score (nSPS) is 11.6. The van der Waals surface area contributed by atoms with Crippen molar-refractivity contribution in [2.75, 3.05) is 0 Å². The van der Waals surface area contributed by atoms with Gasteiger partial charge in [0.1, 0.15) is 11.8 Å². The smallest absolute Gasteiger partial charge is 0.429 e. The summed E-state index contributed by atoms with van der Waals surface area (Å²) >= 11 is 0. The second kappa shape index (κ2) is 6.15. The fourth-order valence-electron chi connectivity index (χ4n) is 1.58. The Labute approximate surface area is 109 Å². The molecule has 0 aliphatic rings. The molecule has 0 spiro atoms. The van der Waals surface area contributed by atoms with Crippen LogP contribution in [0.3, 0.4) is 0 Å². The summed E-state index contributed by atoms with van der Waals surface area (Å²) < 4.78 is 22.2. The largest absolute Gasteiger partial charge is 0.508 e. The van der Waals surface area contributed by atoms with E-state index < -0.39 is 25.7 Å². The molecule has 1 aromatic rings. The number of hydrogen-bond acceptors (Lipinski definition) is 5. The molecule has 0 aliphatic heterocycles. The molecule has 7 nitrogen and oxygen atoms in total. The minimum absolute atomic E-state index is 0.00829. The first-order valence-corrected chi connectivity index (χ1v) is 6.40. The van der Waals surface area contributed by atoms with Crippen LogP contribution in [0.4, 0.5) is 0 Å². The average Bonchev–Trinajstić information content (AvgIpc) is 2.29. The van der Waals surface area contributed by atoms with Gasteiger partial charge in [-0.1, -0.05) is 12.1 Å². The first kappa shape index (κ1) is 14.9. The maximum absolute atomic E-state index is 11.2. The van der Waals surface area contributed by atoms with E-state index in [1.807, 2.05) is 0 Å². The summed E-state index contributed by atoms with van der Waals surface area (Å²) in [6.07, 6.45) is -0.168. The van der Waals surface area contributed by atoms with Crippen molar-refractivity contribution in [2.45, 2.75) is 19.4 Å². The minimum atomic E-state index is -3.32. The second-order valence-electron chi connectivity index (χ2n) is 3.83. The van der Waals surface area contributed by atoms with Gasteiger partial charge in [-0.05, 0) is 17.7 Å². The molecule has 102 valence electrons. The Balaban J connectivity index is 3.04. The van der Waals surface area contributed by atoms with Gasteiger partial charge in [-0.15, -0.1) is 0 Å². The minimum Gasteiger partial charge on any atom is -0.508 e. The van der Waals surface area contributed by atoms with E-state index in [-0.39, 0.29) is 12.2 Å². The number of aliphatic carboxylic acids is 1. The zero-order chi connectivity index (χ0) is 14.6. The third-order valence-electron chi connectivity index (χ3n) is 2.44. The SMILES string of the molecule is CC(=O)N(C(Cc1ccc(O)cc1)C(=O)O)P(=O)=O. The van der Waals surface area contributed by atoms with Crippen LogP contribution in [0.2, 0.25) is 0 Å². The van der Waals surface area contributed by atoms with Crippen LogP contribution in [0, 0.1) is 0 Å². The van der Waals surface area contributed by atoms with Gasteiger partial charge in [-0.25, -0.2) is 18.6 Å². The van der Waals surface area contributed by atoms with Gasteiger partial charge in [-0.2, -0.15) is 0 Å². The van der Waals surface area contributed by atoms with E-state index in [0.29, 0.717) is 10.2 Å². The maximum atomic E-state index is 11.2. The van der Waals surface area contributed by atoms with Gasteiger partial charge < -0.3 is 10.2 Å². The maximum Gasteiger partial charge on any atom is 0.429 e. The molecule has 0 bridgehead atoms. The Morgan fingerprint density at radius 3 is 2.16 bits per heavy atom. The van der Waals surface area contributed by atoms with Crippen LogP contribution in [0.1, 0.15) is 12.5 Å². The molecular weight excluding hydrogens is 273 g/mol.